The molecular weight excluding hydrogens is 499 g/mol. The van der Waals surface area contributed by atoms with Gasteiger partial charge in [0.25, 0.3) is 10.0 Å². The van der Waals surface area contributed by atoms with Crippen LogP contribution in [-0.4, -0.2) is 45.0 Å². The van der Waals surface area contributed by atoms with E-state index < -0.39 is 32.3 Å². The van der Waals surface area contributed by atoms with Crippen LogP contribution < -0.4 is 9.46 Å². The number of aromatic nitrogens is 1. The van der Waals surface area contributed by atoms with Crippen molar-refractivity contribution in [1.82, 2.24) is 9.88 Å². The normalized spacial score (nSPS) is 18.4. The lowest BCUT2D eigenvalue weighted by atomic mass is 9.80. The molecule has 1 aromatic heterocycles. The van der Waals surface area contributed by atoms with Crippen LogP contribution in [0.4, 0.5) is 19.0 Å². The Morgan fingerprint density at radius 1 is 1.14 bits per heavy atom. The predicted molar refractivity (Wildman–Crippen MR) is 129 cm³/mol. The Balaban J connectivity index is 1.58. The van der Waals surface area contributed by atoms with Gasteiger partial charge in [0.2, 0.25) is 0 Å². The van der Waals surface area contributed by atoms with Crippen molar-refractivity contribution in [2.75, 3.05) is 25.4 Å². The second-order valence-electron chi connectivity index (χ2n) is 8.38. The highest BCUT2D eigenvalue weighted by Gasteiger charge is 2.32. The van der Waals surface area contributed by atoms with Crippen LogP contribution in [-0.2, 0) is 10.0 Å². The minimum Gasteiger partial charge on any atom is -0.490 e. The average Bonchev–Trinajstić information content (AvgIpc) is 3.32. The molecule has 2 aromatic carbocycles. The number of nitrogens with zero attached hydrogens (tertiary/aromatic N) is 2. The van der Waals surface area contributed by atoms with Gasteiger partial charge in [-0.05, 0) is 50.2 Å². The van der Waals surface area contributed by atoms with Crippen molar-refractivity contribution in [1.29, 1.82) is 0 Å². The van der Waals surface area contributed by atoms with E-state index in [1.165, 1.54) is 23.0 Å². The molecule has 0 radical (unpaired) electrons. The number of nitrogens with one attached hydrogen (secondary N) is 1. The summed E-state index contributed by atoms with van der Waals surface area (Å²) in [4.78, 5) is 4.99. The zero-order valence-corrected chi connectivity index (χ0v) is 20.7. The van der Waals surface area contributed by atoms with Crippen LogP contribution in [0.15, 0.2) is 58.3 Å². The first kappa shape index (κ1) is 25.2. The van der Waals surface area contributed by atoms with Crippen molar-refractivity contribution in [2.45, 2.75) is 23.8 Å². The molecule has 0 spiro atoms. The number of thiazole rings is 1. The molecule has 1 heterocycles. The van der Waals surface area contributed by atoms with Gasteiger partial charge in [-0.1, -0.05) is 18.2 Å². The molecule has 0 aliphatic heterocycles. The van der Waals surface area contributed by atoms with Gasteiger partial charge < -0.3 is 9.64 Å². The minimum absolute atomic E-state index is 0.0160. The fourth-order valence-corrected chi connectivity index (χ4v) is 5.85. The molecule has 0 saturated heterocycles. The molecule has 0 saturated carbocycles. The second kappa shape index (κ2) is 10.4. The van der Waals surface area contributed by atoms with E-state index in [1.807, 2.05) is 19.0 Å². The summed E-state index contributed by atoms with van der Waals surface area (Å²) in [5.74, 6) is -3.08. The van der Waals surface area contributed by atoms with Crippen molar-refractivity contribution in [3.8, 4) is 5.75 Å². The van der Waals surface area contributed by atoms with Crippen molar-refractivity contribution in [2.24, 2.45) is 5.92 Å². The predicted octanol–water partition coefficient (Wildman–Crippen LogP) is 5.16. The molecule has 11 heteroatoms. The van der Waals surface area contributed by atoms with Crippen LogP contribution in [0.3, 0.4) is 0 Å². The Morgan fingerprint density at radius 3 is 2.54 bits per heavy atom. The Labute approximate surface area is 206 Å². The largest absolute Gasteiger partial charge is 0.490 e. The number of ether oxygens (including phenoxy) is 1. The molecule has 4 rings (SSSR count). The van der Waals surface area contributed by atoms with Gasteiger partial charge in [-0.15, -0.1) is 11.3 Å². The third kappa shape index (κ3) is 5.68. The van der Waals surface area contributed by atoms with E-state index in [0.29, 0.717) is 6.07 Å². The van der Waals surface area contributed by atoms with Gasteiger partial charge in [0.1, 0.15) is 16.5 Å². The topological polar surface area (TPSA) is 71.5 Å². The summed E-state index contributed by atoms with van der Waals surface area (Å²) in [6.07, 6.45) is 3.70. The van der Waals surface area contributed by atoms with Gasteiger partial charge in [0.15, 0.2) is 17.4 Å². The third-order valence-corrected chi connectivity index (χ3v) is 7.85. The van der Waals surface area contributed by atoms with Crippen LogP contribution in [0.25, 0.3) is 5.57 Å². The molecule has 0 amide bonds. The SMILES string of the molecule is CN(C)[C@@H]1CCC=C(c2ccc(F)cc2)C1COc1cc(F)c(S(=O)(=O)Nc2cscn2)cc1F. The highest BCUT2D eigenvalue weighted by molar-refractivity contribution is 7.92. The molecule has 186 valence electrons. The van der Waals surface area contributed by atoms with Gasteiger partial charge in [-0.2, -0.15) is 0 Å². The van der Waals surface area contributed by atoms with Gasteiger partial charge in [-0.3, -0.25) is 4.72 Å². The van der Waals surface area contributed by atoms with E-state index in [0.717, 1.165) is 41.4 Å². The summed E-state index contributed by atoms with van der Waals surface area (Å²) < 4.78 is 75.9. The molecule has 3 aromatic rings. The van der Waals surface area contributed by atoms with Crippen LogP contribution >= 0.6 is 11.3 Å². The molecule has 2 atom stereocenters. The van der Waals surface area contributed by atoms with Gasteiger partial charge in [0, 0.05) is 29.5 Å². The lowest BCUT2D eigenvalue weighted by Gasteiger charge is -2.37. The number of halogens is 3. The first-order valence-electron chi connectivity index (χ1n) is 10.8. The van der Waals surface area contributed by atoms with E-state index in [4.69, 9.17) is 4.74 Å². The molecule has 1 aliphatic rings. The summed E-state index contributed by atoms with van der Waals surface area (Å²) in [5, 5.41) is 1.43. The lowest BCUT2D eigenvalue weighted by molar-refractivity contribution is 0.164. The van der Waals surface area contributed by atoms with Crippen LogP contribution in [0.5, 0.6) is 5.75 Å². The molecular formula is C24H24F3N3O3S2. The van der Waals surface area contributed by atoms with Crippen LogP contribution in [0.1, 0.15) is 18.4 Å². The standard InChI is InChI=1S/C24H24F3N3O3S2/c1-30(2)21-5-3-4-17(15-6-8-16(25)9-7-15)18(21)12-33-22-10-20(27)23(11-19(22)26)35(31,32)29-24-13-34-14-28-24/h4,6-11,13-14,18,21,29H,3,5,12H2,1-2H3/t18?,21-/m1/s1. The van der Waals surface area contributed by atoms with Crippen molar-refractivity contribution in [3.05, 3.63) is 76.4 Å². The summed E-state index contributed by atoms with van der Waals surface area (Å²) >= 11 is 1.15. The van der Waals surface area contributed by atoms with Crippen LogP contribution in [0, 0.1) is 23.4 Å². The molecule has 6 nitrogen and oxygen atoms in total. The first-order chi connectivity index (χ1) is 16.7. The van der Waals surface area contributed by atoms with E-state index >= 15 is 0 Å². The fourth-order valence-electron chi connectivity index (χ4n) is 4.22. The average molecular weight is 524 g/mol. The molecule has 1 aliphatic carbocycles. The van der Waals surface area contributed by atoms with E-state index in [-0.39, 0.29) is 30.2 Å². The quantitative estimate of drug-likeness (QED) is 0.442. The number of allylic oxidation sites excluding steroid dienone is 1. The number of rotatable bonds is 8. The lowest BCUT2D eigenvalue weighted by Crippen LogP contribution is -2.40. The van der Waals surface area contributed by atoms with E-state index in [1.54, 1.807) is 12.1 Å². The van der Waals surface area contributed by atoms with Crippen molar-refractivity contribution in [3.63, 3.8) is 0 Å². The second-order valence-corrected chi connectivity index (χ2v) is 10.8. The van der Waals surface area contributed by atoms with E-state index in [2.05, 4.69) is 15.8 Å². The Hall–Kier alpha value is -2.89. The minimum atomic E-state index is -4.38. The first-order valence-corrected chi connectivity index (χ1v) is 13.2. The van der Waals surface area contributed by atoms with Crippen LogP contribution in [0.2, 0.25) is 0 Å². The van der Waals surface area contributed by atoms with E-state index in [9.17, 15) is 21.6 Å². The summed E-state index contributed by atoms with van der Waals surface area (Å²) in [6, 6.07) is 7.50. The molecule has 1 unspecified atom stereocenters. The highest BCUT2D eigenvalue weighted by atomic mass is 32.2. The highest BCUT2D eigenvalue weighted by Crippen LogP contribution is 2.36. The maximum Gasteiger partial charge on any atom is 0.266 e. The van der Waals surface area contributed by atoms with Gasteiger partial charge in [-0.25, -0.2) is 26.6 Å². The molecule has 1 N–H and O–H groups in total. The Bertz CT molecular complexity index is 1310. The maximum absolute atomic E-state index is 14.8. The number of sulfonamides is 1. The van der Waals surface area contributed by atoms with Crippen molar-refractivity contribution >= 4 is 32.8 Å². The molecule has 0 fully saturated rings. The van der Waals surface area contributed by atoms with Crippen molar-refractivity contribution < 1.29 is 26.3 Å². The molecule has 35 heavy (non-hydrogen) atoms. The number of benzene rings is 2. The summed E-state index contributed by atoms with van der Waals surface area (Å²) in [5.41, 5.74) is 3.17. The summed E-state index contributed by atoms with van der Waals surface area (Å²) in [7, 11) is -0.518. The zero-order chi connectivity index (χ0) is 25.2. The summed E-state index contributed by atoms with van der Waals surface area (Å²) in [6.45, 7) is 0.0194. The smallest absolute Gasteiger partial charge is 0.266 e. The monoisotopic (exact) mass is 523 g/mol. The van der Waals surface area contributed by atoms with Gasteiger partial charge in [0.05, 0.1) is 12.1 Å². The number of anilines is 1. The maximum atomic E-state index is 14.8. The zero-order valence-electron chi connectivity index (χ0n) is 19.0. The third-order valence-electron chi connectivity index (χ3n) is 5.90. The fraction of sp³-hybridized carbons (Fsp3) is 0.292. The van der Waals surface area contributed by atoms with Gasteiger partial charge >= 0.3 is 0 Å². The Morgan fingerprint density at radius 2 is 1.89 bits per heavy atom. The Kier molecular flexibility index (Phi) is 7.48. The number of hydrogen-bond acceptors (Lipinski definition) is 6. The number of hydrogen-bond donors (Lipinski definition) is 1. The molecule has 0 bridgehead atoms.